The van der Waals surface area contributed by atoms with Gasteiger partial charge >= 0.3 is 0 Å². The van der Waals surface area contributed by atoms with Gasteiger partial charge in [-0.2, -0.15) is 0 Å². The van der Waals surface area contributed by atoms with Gasteiger partial charge in [0, 0.05) is 11.4 Å². The molecule has 1 fully saturated rings. The van der Waals surface area contributed by atoms with E-state index in [0.29, 0.717) is 10.9 Å². The van der Waals surface area contributed by atoms with Crippen LogP contribution in [0.25, 0.3) is 0 Å². The Morgan fingerprint density at radius 3 is 2.75 bits per heavy atom. The van der Waals surface area contributed by atoms with Crippen LogP contribution in [0.4, 0.5) is 0 Å². The Hall–Kier alpha value is -1.11. The van der Waals surface area contributed by atoms with Crippen LogP contribution in [-0.2, 0) is 14.3 Å². The van der Waals surface area contributed by atoms with Crippen LogP contribution in [0.1, 0.15) is 24.6 Å². The number of carbonyl (C=O) groups is 2. The monoisotopic (exact) mass is 316 g/mol. The van der Waals surface area contributed by atoms with Gasteiger partial charge in [0.15, 0.2) is 6.10 Å². The molecule has 2 heterocycles. The van der Waals surface area contributed by atoms with Gasteiger partial charge in [0.05, 0.1) is 22.9 Å². The molecule has 0 aromatic carbocycles. The molecule has 0 bridgehead atoms. The van der Waals surface area contributed by atoms with Crippen molar-refractivity contribution in [3.05, 3.63) is 21.3 Å². The van der Waals surface area contributed by atoms with Crippen molar-refractivity contribution < 1.29 is 14.3 Å². The second kappa shape index (κ2) is 6.11. The minimum absolute atomic E-state index is 0.0371. The highest BCUT2D eigenvalue weighted by atomic mass is 35.5. The number of morpholine rings is 1. The standard InChI is InChI=1S/C13H17ClN2O3S/c1-7-5-16(6-9(19-7)12(15)17)13(18)8(2)10-3-4-11(14)20-10/h3-4,7-9H,5-6H2,1-2H3,(H2,15,17)/t7-,8+,9-/m1/s1. The summed E-state index contributed by atoms with van der Waals surface area (Å²) >= 11 is 7.29. The highest BCUT2D eigenvalue weighted by Crippen LogP contribution is 2.29. The number of ether oxygens (including phenoxy) is 1. The zero-order valence-corrected chi connectivity index (χ0v) is 12.9. The number of hydrogen-bond donors (Lipinski definition) is 1. The van der Waals surface area contributed by atoms with Crippen molar-refractivity contribution in [2.24, 2.45) is 5.73 Å². The van der Waals surface area contributed by atoms with Crippen LogP contribution in [-0.4, -0.2) is 42.0 Å². The zero-order chi connectivity index (χ0) is 14.9. The van der Waals surface area contributed by atoms with Crippen LogP contribution in [0, 0.1) is 0 Å². The van der Waals surface area contributed by atoms with E-state index in [-0.39, 0.29) is 24.5 Å². The van der Waals surface area contributed by atoms with Gasteiger partial charge in [-0.3, -0.25) is 9.59 Å². The van der Waals surface area contributed by atoms with Crippen molar-refractivity contribution in [3.8, 4) is 0 Å². The predicted octanol–water partition coefficient (Wildman–Crippen LogP) is 1.61. The molecule has 0 radical (unpaired) electrons. The molecule has 3 atom stereocenters. The maximum absolute atomic E-state index is 12.5. The van der Waals surface area contributed by atoms with Crippen LogP contribution in [0.2, 0.25) is 4.34 Å². The molecule has 2 N–H and O–H groups in total. The lowest BCUT2D eigenvalue weighted by atomic mass is 10.1. The summed E-state index contributed by atoms with van der Waals surface area (Å²) in [4.78, 5) is 26.3. The van der Waals surface area contributed by atoms with Gasteiger partial charge in [-0.1, -0.05) is 11.6 Å². The number of rotatable bonds is 3. The summed E-state index contributed by atoms with van der Waals surface area (Å²) in [6.45, 7) is 4.33. The first-order valence-electron chi connectivity index (χ1n) is 6.37. The molecule has 2 amide bonds. The molecule has 1 saturated heterocycles. The molecule has 2 rings (SSSR count). The average Bonchev–Trinajstić information content (AvgIpc) is 2.83. The first-order chi connectivity index (χ1) is 9.38. The second-order valence-corrected chi connectivity index (χ2v) is 6.69. The minimum atomic E-state index is -0.734. The van der Waals surface area contributed by atoms with Crippen molar-refractivity contribution >= 4 is 34.8 Å². The Balaban J connectivity index is 2.09. The molecule has 1 aliphatic rings. The van der Waals surface area contributed by atoms with Crippen molar-refractivity contribution in [3.63, 3.8) is 0 Å². The summed E-state index contributed by atoms with van der Waals surface area (Å²) in [6, 6.07) is 3.63. The maximum atomic E-state index is 12.5. The van der Waals surface area contributed by atoms with E-state index >= 15 is 0 Å². The van der Waals surface area contributed by atoms with Crippen LogP contribution in [0.5, 0.6) is 0 Å². The van der Waals surface area contributed by atoms with Crippen molar-refractivity contribution in [1.29, 1.82) is 0 Å². The summed E-state index contributed by atoms with van der Waals surface area (Å²) in [6.07, 6.45) is -0.939. The van der Waals surface area contributed by atoms with E-state index in [9.17, 15) is 9.59 Å². The Kier molecular flexibility index (Phi) is 4.67. The first kappa shape index (κ1) is 15.3. The SMILES string of the molecule is C[C@@H]1CN(C(=O)[C@@H](C)c2ccc(Cl)s2)C[C@H](C(N)=O)O1. The fraction of sp³-hybridized carbons (Fsp3) is 0.538. The summed E-state index contributed by atoms with van der Waals surface area (Å²) in [5.41, 5.74) is 5.27. The number of primary amides is 1. The average molecular weight is 317 g/mol. The molecule has 1 aromatic heterocycles. The molecular weight excluding hydrogens is 300 g/mol. The van der Waals surface area contributed by atoms with E-state index in [1.807, 2.05) is 19.9 Å². The molecule has 0 aliphatic carbocycles. The van der Waals surface area contributed by atoms with Crippen molar-refractivity contribution in [1.82, 2.24) is 4.90 Å². The fourth-order valence-corrected chi connectivity index (χ4v) is 3.35. The fourth-order valence-electron chi connectivity index (χ4n) is 2.25. The van der Waals surface area contributed by atoms with Crippen LogP contribution < -0.4 is 5.73 Å². The lowest BCUT2D eigenvalue weighted by Gasteiger charge is -2.36. The first-order valence-corrected chi connectivity index (χ1v) is 7.56. The maximum Gasteiger partial charge on any atom is 0.248 e. The van der Waals surface area contributed by atoms with Gasteiger partial charge in [0.25, 0.3) is 0 Å². The number of amides is 2. The third-order valence-corrected chi connectivity index (χ3v) is 4.69. The number of halogens is 1. The number of hydrogen-bond acceptors (Lipinski definition) is 4. The largest absolute Gasteiger partial charge is 0.367 e. The van der Waals surface area contributed by atoms with E-state index < -0.39 is 12.0 Å². The Labute approximate surface area is 126 Å². The molecule has 7 heteroatoms. The predicted molar refractivity (Wildman–Crippen MR) is 77.9 cm³/mol. The lowest BCUT2D eigenvalue weighted by molar-refractivity contribution is -0.153. The van der Waals surface area contributed by atoms with Crippen LogP contribution in [0.3, 0.4) is 0 Å². The van der Waals surface area contributed by atoms with E-state index in [4.69, 9.17) is 22.1 Å². The molecule has 20 heavy (non-hydrogen) atoms. The summed E-state index contributed by atoms with van der Waals surface area (Å²) in [5.74, 6) is -0.864. The van der Waals surface area contributed by atoms with E-state index in [0.717, 1.165) is 4.88 Å². The summed E-state index contributed by atoms with van der Waals surface area (Å²) < 4.78 is 6.09. The third-order valence-electron chi connectivity index (χ3n) is 3.28. The minimum Gasteiger partial charge on any atom is -0.367 e. The molecule has 5 nitrogen and oxygen atoms in total. The number of nitrogens with zero attached hydrogens (tertiary/aromatic N) is 1. The quantitative estimate of drug-likeness (QED) is 0.920. The number of thiophene rings is 1. The zero-order valence-electron chi connectivity index (χ0n) is 11.3. The topological polar surface area (TPSA) is 72.6 Å². The van der Waals surface area contributed by atoms with Crippen molar-refractivity contribution in [2.45, 2.75) is 32.0 Å². The normalized spacial score (nSPS) is 24.4. The van der Waals surface area contributed by atoms with Gasteiger partial charge in [-0.25, -0.2) is 0 Å². The number of carbonyl (C=O) groups excluding carboxylic acids is 2. The Morgan fingerprint density at radius 1 is 1.50 bits per heavy atom. The molecule has 110 valence electrons. The Morgan fingerprint density at radius 2 is 2.20 bits per heavy atom. The smallest absolute Gasteiger partial charge is 0.248 e. The Bertz CT molecular complexity index is 519. The highest BCUT2D eigenvalue weighted by molar-refractivity contribution is 7.16. The van der Waals surface area contributed by atoms with Gasteiger partial charge in [-0.05, 0) is 26.0 Å². The van der Waals surface area contributed by atoms with Gasteiger partial charge in [-0.15, -0.1) is 11.3 Å². The van der Waals surface area contributed by atoms with E-state index in [2.05, 4.69) is 0 Å². The molecule has 0 unspecified atom stereocenters. The third kappa shape index (κ3) is 3.31. The molecule has 1 aromatic rings. The van der Waals surface area contributed by atoms with Crippen LogP contribution >= 0.6 is 22.9 Å². The summed E-state index contributed by atoms with van der Waals surface area (Å²) in [5, 5.41) is 0. The van der Waals surface area contributed by atoms with Gasteiger partial charge in [0.1, 0.15) is 0 Å². The second-order valence-electron chi connectivity index (χ2n) is 4.94. The van der Waals surface area contributed by atoms with Crippen LogP contribution in [0.15, 0.2) is 12.1 Å². The molecule has 0 spiro atoms. The van der Waals surface area contributed by atoms with Crippen molar-refractivity contribution in [2.75, 3.05) is 13.1 Å². The lowest BCUT2D eigenvalue weighted by Crippen LogP contribution is -2.54. The molecule has 0 saturated carbocycles. The van der Waals surface area contributed by atoms with Gasteiger partial charge < -0.3 is 15.4 Å². The van der Waals surface area contributed by atoms with E-state index in [1.54, 1.807) is 11.0 Å². The number of nitrogens with two attached hydrogens (primary N) is 1. The molecule has 1 aliphatic heterocycles. The van der Waals surface area contributed by atoms with Gasteiger partial charge in [0.2, 0.25) is 11.8 Å². The van der Waals surface area contributed by atoms with E-state index in [1.165, 1.54) is 11.3 Å². The highest BCUT2D eigenvalue weighted by Gasteiger charge is 2.33. The summed E-state index contributed by atoms with van der Waals surface area (Å²) in [7, 11) is 0. The molecular formula is C13H17ClN2O3S.